The summed E-state index contributed by atoms with van der Waals surface area (Å²) in [6.45, 7) is 5.23. The highest BCUT2D eigenvalue weighted by Crippen LogP contribution is 2.36. The van der Waals surface area contributed by atoms with E-state index in [9.17, 15) is 4.79 Å². The molecule has 35 heavy (non-hydrogen) atoms. The average molecular weight is 489 g/mol. The lowest BCUT2D eigenvalue weighted by molar-refractivity contribution is -0.127. The maximum Gasteiger partial charge on any atom is 0.245 e. The number of likely N-dealkylation sites (tertiary alicyclic amines) is 1. The van der Waals surface area contributed by atoms with Crippen molar-refractivity contribution in [1.29, 1.82) is 0 Å². The molecular weight excluding hydrogens is 464 g/mol. The molecule has 0 radical (unpaired) electrons. The quantitative estimate of drug-likeness (QED) is 0.401. The predicted molar refractivity (Wildman–Crippen MR) is 135 cm³/mol. The zero-order valence-electron chi connectivity index (χ0n) is 19.1. The fourth-order valence-electron chi connectivity index (χ4n) is 4.49. The van der Waals surface area contributed by atoms with Crippen molar-refractivity contribution in [2.45, 2.75) is 25.4 Å². The van der Waals surface area contributed by atoms with Crippen LogP contribution in [0.5, 0.6) is 5.75 Å². The van der Waals surface area contributed by atoms with Crippen molar-refractivity contribution in [3.05, 3.63) is 84.2 Å². The van der Waals surface area contributed by atoms with Crippen LogP contribution in [0.15, 0.2) is 67.6 Å². The lowest BCUT2D eigenvalue weighted by atomic mass is 9.97. The lowest BCUT2D eigenvalue weighted by Gasteiger charge is -2.31. The van der Waals surface area contributed by atoms with E-state index in [2.05, 4.69) is 16.5 Å². The number of carbonyl (C=O) groups excluding carboxylic acids is 1. The first-order valence-electron chi connectivity index (χ1n) is 11.4. The topological polar surface area (TPSA) is 98.6 Å². The highest BCUT2D eigenvalue weighted by molar-refractivity contribution is 6.32. The van der Waals surface area contributed by atoms with Gasteiger partial charge in [0.05, 0.1) is 10.7 Å². The Bertz CT molecular complexity index is 1390. The first-order chi connectivity index (χ1) is 17.0. The fourth-order valence-corrected chi connectivity index (χ4v) is 4.73. The van der Waals surface area contributed by atoms with Gasteiger partial charge < -0.3 is 15.4 Å². The third kappa shape index (κ3) is 4.57. The molecule has 1 amide bonds. The molecule has 4 aromatic rings. The molecule has 5 rings (SSSR count). The van der Waals surface area contributed by atoms with Crippen LogP contribution in [0.1, 0.15) is 30.3 Å². The number of aromatic nitrogens is 4. The second kappa shape index (κ2) is 9.76. The number of piperidine rings is 1. The van der Waals surface area contributed by atoms with Gasteiger partial charge in [-0.2, -0.15) is 0 Å². The summed E-state index contributed by atoms with van der Waals surface area (Å²) in [5.74, 6) is 1.78. The largest absolute Gasteiger partial charge is 0.486 e. The molecule has 0 saturated carbocycles. The number of nitrogens with two attached hydrogens (primary N) is 1. The van der Waals surface area contributed by atoms with E-state index in [4.69, 9.17) is 27.1 Å². The van der Waals surface area contributed by atoms with Gasteiger partial charge in [0.2, 0.25) is 5.91 Å². The number of nitrogen functional groups attached to an aromatic ring is 1. The summed E-state index contributed by atoms with van der Waals surface area (Å²) in [4.78, 5) is 27.6. The molecule has 3 aromatic heterocycles. The van der Waals surface area contributed by atoms with E-state index in [1.807, 2.05) is 51.9 Å². The minimum absolute atomic E-state index is 0.0622. The van der Waals surface area contributed by atoms with Crippen LogP contribution in [0.25, 0.3) is 16.8 Å². The molecule has 1 saturated heterocycles. The molecule has 178 valence electrons. The first kappa shape index (κ1) is 22.9. The molecule has 1 aromatic carbocycles. The Hall–Kier alpha value is -3.91. The van der Waals surface area contributed by atoms with Crippen molar-refractivity contribution < 1.29 is 9.53 Å². The second-order valence-electron chi connectivity index (χ2n) is 8.43. The normalized spacial score (nSPS) is 15.8. The molecule has 8 nitrogen and oxygen atoms in total. The van der Waals surface area contributed by atoms with Gasteiger partial charge >= 0.3 is 0 Å². The number of hydrogen-bond donors (Lipinski definition) is 1. The van der Waals surface area contributed by atoms with Crippen molar-refractivity contribution in [1.82, 2.24) is 24.3 Å². The van der Waals surface area contributed by atoms with Gasteiger partial charge in [-0.3, -0.25) is 14.2 Å². The molecular formula is C26H25ClN6O2. The molecule has 0 unspecified atom stereocenters. The number of anilines is 1. The third-order valence-electron chi connectivity index (χ3n) is 6.19. The summed E-state index contributed by atoms with van der Waals surface area (Å²) < 4.78 is 7.84. The number of fused-ring (bicyclic) bond motifs is 1. The Morgan fingerprint density at radius 2 is 2.14 bits per heavy atom. The van der Waals surface area contributed by atoms with Crippen LogP contribution in [0.2, 0.25) is 5.02 Å². The molecule has 0 aliphatic carbocycles. The molecule has 4 heterocycles. The molecule has 0 bridgehead atoms. The van der Waals surface area contributed by atoms with Crippen LogP contribution >= 0.6 is 11.6 Å². The summed E-state index contributed by atoms with van der Waals surface area (Å²) in [7, 11) is 0. The number of amides is 1. The second-order valence-corrected chi connectivity index (χ2v) is 8.84. The van der Waals surface area contributed by atoms with Crippen LogP contribution in [-0.2, 0) is 11.4 Å². The first-order valence-corrected chi connectivity index (χ1v) is 11.8. The van der Waals surface area contributed by atoms with Gasteiger partial charge in [0.1, 0.15) is 35.2 Å². The van der Waals surface area contributed by atoms with E-state index >= 15 is 0 Å². The Kier molecular flexibility index (Phi) is 6.37. The smallest absolute Gasteiger partial charge is 0.245 e. The van der Waals surface area contributed by atoms with Crippen LogP contribution in [0, 0.1) is 0 Å². The van der Waals surface area contributed by atoms with Crippen molar-refractivity contribution in [3.8, 4) is 17.0 Å². The number of pyridine rings is 1. The summed E-state index contributed by atoms with van der Waals surface area (Å²) in [6, 6.07) is 11.2. The monoisotopic (exact) mass is 488 g/mol. The molecule has 2 N–H and O–H groups in total. The van der Waals surface area contributed by atoms with Crippen molar-refractivity contribution >= 4 is 28.8 Å². The summed E-state index contributed by atoms with van der Waals surface area (Å²) in [5, 5.41) is 0.462. The van der Waals surface area contributed by atoms with E-state index < -0.39 is 0 Å². The molecule has 0 spiro atoms. The number of benzene rings is 1. The van der Waals surface area contributed by atoms with Crippen molar-refractivity contribution in [3.63, 3.8) is 0 Å². The van der Waals surface area contributed by atoms with E-state index in [-0.39, 0.29) is 11.8 Å². The van der Waals surface area contributed by atoms with Gasteiger partial charge in [0.15, 0.2) is 0 Å². The molecule has 1 atom stereocenters. The van der Waals surface area contributed by atoms with Gasteiger partial charge in [0, 0.05) is 43.2 Å². The molecule has 1 aliphatic rings. The number of hydrogen-bond acceptors (Lipinski definition) is 6. The zero-order valence-corrected chi connectivity index (χ0v) is 19.9. The minimum Gasteiger partial charge on any atom is -0.486 e. The lowest BCUT2D eigenvalue weighted by Crippen LogP contribution is -2.38. The van der Waals surface area contributed by atoms with Crippen LogP contribution in [0.3, 0.4) is 0 Å². The van der Waals surface area contributed by atoms with E-state index in [1.54, 1.807) is 12.4 Å². The van der Waals surface area contributed by atoms with Gasteiger partial charge in [-0.25, -0.2) is 9.97 Å². The number of nitrogens with zero attached hydrogens (tertiary/aromatic N) is 5. The number of imidazole rings is 1. The van der Waals surface area contributed by atoms with E-state index in [1.165, 1.54) is 6.08 Å². The standard InChI is InChI=1S/C26H25ClN6O2/c1-2-22(34)32-12-5-6-18(15-32)26-31-23(24-25(28)30-11-13-33(24)26)17-8-9-21(20(27)14-17)35-16-19-7-3-4-10-29-19/h2-4,7-11,13-14,18H,1,5-6,12,15-16H2,(H2,28,30)/t18-/m1/s1. The maximum atomic E-state index is 12.2. The number of rotatable bonds is 6. The summed E-state index contributed by atoms with van der Waals surface area (Å²) in [5.41, 5.74) is 9.32. The van der Waals surface area contributed by atoms with Crippen LogP contribution < -0.4 is 10.5 Å². The molecule has 9 heteroatoms. The van der Waals surface area contributed by atoms with Gasteiger partial charge in [-0.05, 0) is 49.2 Å². The summed E-state index contributed by atoms with van der Waals surface area (Å²) >= 11 is 6.58. The van der Waals surface area contributed by atoms with Gasteiger partial charge in [-0.15, -0.1) is 0 Å². The van der Waals surface area contributed by atoms with E-state index in [0.29, 0.717) is 41.0 Å². The van der Waals surface area contributed by atoms with Crippen molar-refractivity contribution in [2.75, 3.05) is 18.8 Å². The SMILES string of the molecule is C=CC(=O)N1CCC[C@@H](c2nc(-c3ccc(OCc4ccccn4)c(Cl)c3)c3c(N)nccn23)C1. The average Bonchev–Trinajstić information content (AvgIpc) is 3.29. The van der Waals surface area contributed by atoms with Gasteiger partial charge in [-0.1, -0.05) is 24.2 Å². The summed E-state index contributed by atoms with van der Waals surface area (Å²) in [6.07, 6.45) is 8.42. The Balaban J connectivity index is 1.48. The van der Waals surface area contributed by atoms with Gasteiger partial charge in [0.25, 0.3) is 0 Å². The van der Waals surface area contributed by atoms with Crippen LogP contribution in [0.4, 0.5) is 5.82 Å². The highest BCUT2D eigenvalue weighted by Gasteiger charge is 2.28. The molecule has 1 aliphatic heterocycles. The Labute approximate surface area is 208 Å². The highest BCUT2D eigenvalue weighted by atomic mass is 35.5. The van der Waals surface area contributed by atoms with Crippen LogP contribution in [-0.4, -0.2) is 43.2 Å². The maximum absolute atomic E-state index is 12.2. The predicted octanol–water partition coefficient (Wildman–Crippen LogP) is 4.50. The fraction of sp³-hybridized carbons (Fsp3) is 0.231. The zero-order chi connectivity index (χ0) is 24.4. The number of carbonyl (C=O) groups is 1. The van der Waals surface area contributed by atoms with E-state index in [0.717, 1.165) is 36.5 Å². The molecule has 1 fully saturated rings. The Morgan fingerprint density at radius 1 is 1.26 bits per heavy atom. The number of ether oxygens (including phenoxy) is 1. The minimum atomic E-state index is -0.0648. The van der Waals surface area contributed by atoms with Crippen molar-refractivity contribution in [2.24, 2.45) is 0 Å². The Morgan fingerprint density at radius 3 is 2.91 bits per heavy atom. The number of halogens is 1. The third-order valence-corrected chi connectivity index (χ3v) is 6.49.